The molecule has 0 atom stereocenters. The van der Waals surface area contributed by atoms with Gasteiger partial charge in [0.25, 0.3) is 11.1 Å². The molecule has 0 saturated carbocycles. The molecule has 7 nitrogen and oxygen atoms in total. The van der Waals surface area contributed by atoms with E-state index in [0.717, 1.165) is 0 Å². The second-order valence-electron chi connectivity index (χ2n) is 5.97. The van der Waals surface area contributed by atoms with E-state index in [1.54, 1.807) is 56.3 Å². The molecule has 7 heteroatoms. The number of anilines is 2. The van der Waals surface area contributed by atoms with Crippen LogP contribution in [-0.4, -0.2) is 11.0 Å². The highest BCUT2D eigenvalue weighted by Gasteiger charge is 2.27. The van der Waals surface area contributed by atoms with Crippen molar-refractivity contribution in [2.75, 3.05) is 5.32 Å². The summed E-state index contributed by atoms with van der Waals surface area (Å²) in [6, 6.07) is 13.0. The Balaban J connectivity index is 2.07. The lowest BCUT2D eigenvalue weighted by Crippen LogP contribution is -2.36. The van der Waals surface area contributed by atoms with E-state index in [2.05, 4.69) is 5.32 Å². The van der Waals surface area contributed by atoms with Crippen molar-refractivity contribution >= 4 is 17.1 Å². The number of ether oxygens (including phenoxy) is 1. The Bertz CT molecular complexity index is 1050. The van der Waals surface area contributed by atoms with Crippen molar-refractivity contribution < 1.29 is 9.66 Å². The Hall–Kier alpha value is -3.48. The molecule has 0 unspecified atom stereocenters. The van der Waals surface area contributed by atoms with Gasteiger partial charge in [-0.2, -0.15) is 0 Å². The summed E-state index contributed by atoms with van der Waals surface area (Å²) in [5.41, 5.74) is 0.0337. The molecule has 3 rings (SSSR count). The minimum atomic E-state index is -0.658. The molecule has 0 aliphatic rings. The van der Waals surface area contributed by atoms with E-state index in [-0.39, 0.29) is 28.8 Å². The first kappa shape index (κ1) is 17.3. The summed E-state index contributed by atoms with van der Waals surface area (Å²) >= 11 is 0. The maximum atomic E-state index is 12.1. The van der Waals surface area contributed by atoms with Crippen LogP contribution in [0.5, 0.6) is 5.75 Å². The highest BCUT2D eigenvalue weighted by atomic mass is 16.6. The zero-order valence-corrected chi connectivity index (χ0v) is 14.2. The number of nitro benzene ring substituents is 1. The topological polar surface area (TPSA) is 98.5 Å². The number of hydrogen-bond donors (Lipinski definition) is 1. The lowest BCUT2D eigenvalue weighted by molar-refractivity contribution is -0.383. The van der Waals surface area contributed by atoms with Crippen LogP contribution in [0.4, 0.5) is 17.1 Å². The molecule has 0 spiro atoms. The highest BCUT2D eigenvalue weighted by molar-refractivity contribution is 5.87. The zero-order valence-electron chi connectivity index (χ0n) is 14.2. The minimum absolute atomic E-state index is 0.0295. The fourth-order valence-corrected chi connectivity index (χ4v) is 2.66. The second kappa shape index (κ2) is 6.79. The molecule has 0 aromatic heterocycles. The summed E-state index contributed by atoms with van der Waals surface area (Å²) in [5.74, 6) is 0.0295. The molecule has 0 amide bonds. The monoisotopic (exact) mass is 352 g/mol. The van der Waals surface area contributed by atoms with E-state index in [1.165, 1.54) is 6.07 Å². The quantitative estimate of drug-likeness (QED) is 0.415. The van der Waals surface area contributed by atoms with Crippen molar-refractivity contribution in [1.82, 2.24) is 0 Å². The van der Waals surface area contributed by atoms with Gasteiger partial charge in [-0.15, -0.1) is 0 Å². The molecule has 1 N–H and O–H groups in total. The Morgan fingerprint density at radius 3 is 2.23 bits per heavy atom. The average molecular weight is 352 g/mol. The van der Waals surface area contributed by atoms with Crippen molar-refractivity contribution in [3.63, 3.8) is 0 Å². The SMILES string of the molecule is CC(C)Oc1c(-c2ccccc2Nc2ccccc2[N+](=O)[O-])c(=O)c1=O. The number of rotatable bonds is 6. The van der Waals surface area contributed by atoms with Crippen LogP contribution < -0.4 is 20.9 Å². The summed E-state index contributed by atoms with van der Waals surface area (Å²) in [5, 5.41) is 14.2. The Morgan fingerprint density at radius 1 is 0.962 bits per heavy atom. The Labute approximate surface area is 148 Å². The fourth-order valence-electron chi connectivity index (χ4n) is 2.66. The lowest BCUT2D eigenvalue weighted by atomic mass is 9.98. The first-order chi connectivity index (χ1) is 12.4. The molecular weight excluding hydrogens is 336 g/mol. The van der Waals surface area contributed by atoms with Gasteiger partial charge in [0, 0.05) is 17.3 Å². The average Bonchev–Trinajstić information content (AvgIpc) is 2.62. The first-order valence-corrected chi connectivity index (χ1v) is 8.00. The molecule has 3 aromatic carbocycles. The van der Waals surface area contributed by atoms with Gasteiger partial charge in [-0.25, -0.2) is 0 Å². The smallest absolute Gasteiger partial charge is 0.292 e. The Morgan fingerprint density at radius 2 is 1.58 bits per heavy atom. The van der Waals surface area contributed by atoms with Crippen LogP contribution in [0.2, 0.25) is 0 Å². The van der Waals surface area contributed by atoms with E-state index in [1.807, 2.05) is 0 Å². The number of nitro groups is 1. The largest absolute Gasteiger partial charge is 0.486 e. The maximum Gasteiger partial charge on any atom is 0.292 e. The summed E-state index contributed by atoms with van der Waals surface area (Å²) in [7, 11) is 0. The van der Waals surface area contributed by atoms with Gasteiger partial charge in [0.1, 0.15) is 5.69 Å². The van der Waals surface area contributed by atoms with Gasteiger partial charge in [-0.1, -0.05) is 30.3 Å². The van der Waals surface area contributed by atoms with E-state index in [4.69, 9.17) is 4.74 Å². The van der Waals surface area contributed by atoms with Gasteiger partial charge in [-0.05, 0) is 26.0 Å². The first-order valence-electron chi connectivity index (χ1n) is 8.00. The van der Waals surface area contributed by atoms with E-state index < -0.39 is 15.8 Å². The van der Waals surface area contributed by atoms with E-state index >= 15 is 0 Å². The van der Waals surface area contributed by atoms with Crippen LogP contribution in [0.25, 0.3) is 11.1 Å². The van der Waals surface area contributed by atoms with Crippen LogP contribution in [0, 0.1) is 10.1 Å². The normalized spacial score (nSPS) is 10.9. The predicted octanol–water partition coefficient (Wildman–Crippen LogP) is 3.39. The van der Waals surface area contributed by atoms with Crippen LogP contribution in [0.3, 0.4) is 0 Å². The van der Waals surface area contributed by atoms with Crippen molar-refractivity contribution in [3.8, 4) is 16.9 Å². The van der Waals surface area contributed by atoms with Crippen LogP contribution in [0.15, 0.2) is 58.1 Å². The number of hydrogen-bond acceptors (Lipinski definition) is 6. The summed E-state index contributed by atoms with van der Waals surface area (Å²) in [6.45, 7) is 3.52. The number of nitrogens with zero attached hydrogens (tertiary/aromatic N) is 1. The molecule has 0 aliphatic heterocycles. The fraction of sp³-hybridized carbons (Fsp3) is 0.158. The third-order valence-electron chi connectivity index (χ3n) is 3.79. The minimum Gasteiger partial charge on any atom is -0.486 e. The summed E-state index contributed by atoms with van der Waals surface area (Å²) in [4.78, 5) is 34.7. The lowest BCUT2D eigenvalue weighted by Gasteiger charge is -2.18. The third-order valence-corrected chi connectivity index (χ3v) is 3.79. The standard InChI is InChI=1S/C19H16N2O5/c1-11(2)26-19-16(17(22)18(19)23)12-7-3-4-8-13(12)20-14-9-5-6-10-15(14)21(24)25/h3-11,20H,1-2H3. The van der Waals surface area contributed by atoms with Crippen LogP contribution >= 0.6 is 0 Å². The van der Waals surface area contributed by atoms with Gasteiger partial charge in [0.15, 0.2) is 5.75 Å². The third kappa shape index (κ3) is 3.06. The highest BCUT2D eigenvalue weighted by Crippen LogP contribution is 2.35. The second-order valence-corrected chi connectivity index (χ2v) is 5.97. The van der Waals surface area contributed by atoms with Crippen molar-refractivity contribution in [3.05, 3.63) is 79.1 Å². The zero-order chi connectivity index (χ0) is 18.8. The van der Waals surface area contributed by atoms with E-state index in [0.29, 0.717) is 11.3 Å². The van der Waals surface area contributed by atoms with Gasteiger partial charge in [0.2, 0.25) is 5.43 Å². The molecule has 0 fully saturated rings. The molecule has 0 saturated heterocycles. The Kier molecular flexibility index (Phi) is 4.53. The summed E-state index contributed by atoms with van der Waals surface area (Å²) < 4.78 is 5.48. The molecule has 0 bridgehead atoms. The molecule has 0 heterocycles. The molecule has 132 valence electrons. The van der Waals surface area contributed by atoms with E-state index in [9.17, 15) is 19.7 Å². The van der Waals surface area contributed by atoms with Crippen LogP contribution in [0.1, 0.15) is 13.8 Å². The van der Waals surface area contributed by atoms with Crippen molar-refractivity contribution in [1.29, 1.82) is 0 Å². The number of benzene rings is 2. The molecule has 0 radical (unpaired) electrons. The predicted molar refractivity (Wildman–Crippen MR) is 98.9 cm³/mol. The van der Waals surface area contributed by atoms with Gasteiger partial charge in [0.05, 0.1) is 16.6 Å². The van der Waals surface area contributed by atoms with Crippen molar-refractivity contribution in [2.45, 2.75) is 20.0 Å². The number of nitrogens with one attached hydrogen (secondary N) is 1. The van der Waals surface area contributed by atoms with Gasteiger partial charge >= 0.3 is 0 Å². The van der Waals surface area contributed by atoms with Crippen molar-refractivity contribution in [2.24, 2.45) is 0 Å². The maximum absolute atomic E-state index is 12.1. The summed E-state index contributed by atoms with van der Waals surface area (Å²) in [6.07, 6.45) is -0.257. The van der Waals surface area contributed by atoms with Crippen LogP contribution in [-0.2, 0) is 0 Å². The van der Waals surface area contributed by atoms with Gasteiger partial charge in [-0.3, -0.25) is 19.7 Å². The number of para-hydroxylation sites is 3. The molecule has 26 heavy (non-hydrogen) atoms. The van der Waals surface area contributed by atoms with Gasteiger partial charge < -0.3 is 10.1 Å². The molecule has 0 aliphatic carbocycles. The molecule has 3 aromatic rings. The molecular formula is C19H16N2O5.